The molecule has 1 unspecified atom stereocenters. The number of benzene rings is 1. The molecule has 0 saturated carbocycles. The number of rotatable bonds is 2. The number of halogens is 1. The number of nitrogens with zero attached hydrogens (tertiary/aromatic N) is 1. The molecule has 1 atom stereocenters. The molecule has 0 spiro atoms. The second-order valence-electron chi connectivity index (χ2n) is 2.80. The summed E-state index contributed by atoms with van der Waals surface area (Å²) in [6.45, 7) is 3.67. The molecule has 0 aliphatic rings. The summed E-state index contributed by atoms with van der Waals surface area (Å²) in [7, 11) is 0. The average Bonchev–Trinajstić information content (AvgIpc) is 2.11. The lowest BCUT2D eigenvalue weighted by Gasteiger charge is -2.10. The maximum Gasteiger partial charge on any atom is 0.181 e. The second kappa shape index (κ2) is 4.29. The van der Waals surface area contributed by atoms with E-state index in [4.69, 9.17) is 10.00 Å². The van der Waals surface area contributed by atoms with Crippen LogP contribution in [0.5, 0.6) is 5.75 Å². The van der Waals surface area contributed by atoms with Gasteiger partial charge in [0.25, 0.3) is 0 Å². The van der Waals surface area contributed by atoms with Gasteiger partial charge < -0.3 is 4.74 Å². The predicted octanol–water partition coefficient (Wildman–Crippen LogP) is 3.05. The van der Waals surface area contributed by atoms with E-state index in [0.717, 1.165) is 15.8 Å². The van der Waals surface area contributed by atoms with Crippen LogP contribution in [0.4, 0.5) is 0 Å². The molecule has 2 nitrogen and oxygen atoms in total. The largest absolute Gasteiger partial charge is 0.476 e. The summed E-state index contributed by atoms with van der Waals surface area (Å²) in [5, 5.41) is 8.57. The summed E-state index contributed by atoms with van der Waals surface area (Å²) in [6.07, 6.45) is -0.409. The average molecular weight is 240 g/mol. The van der Waals surface area contributed by atoms with Crippen molar-refractivity contribution in [1.29, 1.82) is 5.26 Å². The predicted molar refractivity (Wildman–Crippen MR) is 54.6 cm³/mol. The lowest BCUT2D eigenvalue weighted by atomic mass is 10.2. The number of hydrogen-bond donors (Lipinski definition) is 0. The first-order chi connectivity index (χ1) is 6.13. The topological polar surface area (TPSA) is 33.0 Å². The van der Waals surface area contributed by atoms with Crippen molar-refractivity contribution < 1.29 is 4.74 Å². The van der Waals surface area contributed by atoms with Gasteiger partial charge in [0.05, 0.1) is 0 Å². The molecule has 13 heavy (non-hydrogen) atoms. The molecule has 1 aromatic rings. The van der Waals surface area contributed by atoms with E-state index in [2.05, 4.69) is 15.9 Å². The first kappa shape index (κ1) is 10.1. The smallest absolute Gasteiger partial charge is 0.181 e. The third-order valence-corrected chi connectivity index (χ3v) is 2.13. The molecule has 3 heteroatoms. The van der Waals surface area contributed by atoms with Crippen molar-refractivity contribution in [3.8, 4) is 11.8 Å². The molecule has 0 bridgehead atoms. The van der Waals surface area contributed by atoms with Gasteiger partial charge in [-0.1, -0.05) is 22.0 Å². The molecule has 0 fully saturated rings. The number of hydrogen-bond acceptors (Lipinski definition) is 2. The highest BCUT2D eigenvalue weighted by molar-refractivity contribution is 9.10. The molecular formula is C10H10BrNO. The molecule has 1 aromatic carbocycles. The lowest BCUT2D eigenvalue weighted by Crippen LogP contribution is -2.08. The van der Waals surface area contributed by atoms with Gasteiger partial charge in [0.1, 0.15) is 11.8 Å². The fraction of sp³-hybridized carbons (Fsp3) is 0.300. The Hall–Kier alpha value is -1.01. The van der Waals surface area contributed by atoms with Crippen molar-refractivity contribution in [1.82, 2.24) is 0 Å². The molecule has 0 amide bonds. The highest BCUT2D eigenvalue weighted by Crippen LogP contribution is 2.23. The molecule has 68 valence electrons. The molecule has 0 aromatic heterocycles. The quantitative estimate of drug-likeness (QED) is 0.795. The molecule has 0 radical (unpaired) electrons. The highest BCUT2D eigenvalue weighted by atomic mass is 79.9. The molecule has 0 heterocycles. The fourth-order valence-corrected chi connectivity index (χ4v) is 1.26. The third-order valence-electron chi connectivity index (χ3n) is 1.64. The van der Waals surface area contributed by atoms with Gasteiger partial charge in [-0.25, -0.2) is 0 Å². The summed E-state index contributed by atoms with van der Waals surface area (Å²) >= 11 is 3.35. The van der Waals surface area contributed by atoms with Crippen LogP contribution in [-0.4, -0.2) is 6.10 Å². The third kappa shape index (κ3) is 2.74. The van der Waals surface area contributed by atoms with Crippen molar-refractivity contribution >= 4 is 15.9 Å². The van der Waals surface area contributed by atoms with Crippen molar-refractivity contribution in [3.05, 3.63) is 28.2 Å². The normalized spacial score (nSPS) is 11.8. The van der Waals surface area contributed by atoms with Crippen molar-refractivity contribution in [2.75, 3.05) is 0 Å². The molecule has 0 aliphatic carbocycles. The van der Waals surface area contributed by atoms with Gasteiger partial charge >= 0.3 is 0 Å². The minimum absolute atomic E-state index is 0.409. The van der Waals surface area contributed by atoms with E-state index in [1.807, 2.05) is 31.2 Å². The van der Waals surface area contributed by atoms with Crippen LogP contribution >= 0.6 is 15.9 Å². The van der Waals surface area contributed by atoms with Gasteiger partial charge in [-0.2, -0.15) is 5.26 Å². The Morgan fingerprint density at radius 3 is 2.85 bits per heavy atom. The van der Waals surface area contributed by atoms with Gasteiger partial charge in [0.2, 0.25) is 0 Å². The number of aryl methyl sites for hydroxylation is 1. The maximum atomic E-state index is 8.57. The van der Waals surface area contributed by atoms with Crippen LogP contribution in [0.25, 0.3) is 0 Å². The van der Waals surface area contributed by atoms with E-state index in [1.165, 1.54) is 0 Å². The van der Waals surface area contributed by atoms with E-state index in [0.29, 0.717) is 0 Å². The summed E-state index contributed by atoms with van der Waals surface area (Å²) in [6, 6.07) is 7.78. The fourth-order valence-electron chi connectivity index (χ4n) is 0.918. The first-order valence-electron chi connectivity index (χ1n) is 3.96. The summed E-state index contributed by atoms with van der Waals surface area (Å²) in [5.41, 5.74) is 1.03. The van der Waals surface area contributed by atoms with Crippen LogP contribution in [0.1, 0.15) is 12.5 Å². The molecule has 0 saturated heterocycles. The highest BCUT2D eigenvalue weighted by Gasteiger charge is 2.04. The second-order valence-corrected chi connectivity index (χ2v) is 3.71. The molecule has 1 rings (SSSR count). The monoisotopic (exact) mass is 239 g/mol. The zero-order valence-corrected chi connectivity index (χ0v) is 9.13. The summed E-state index contributed by atoms with van der Waals surface area (Å²) < 4.78 is 6.34. The van der Waals surface area contributed by atoms with Crippen molar-refractivity contribution in [2.24, 2.45) is 0 Å². The van der Waals surface area contributed by atoms with Crippen molar-refractivity contribution in [2.45, 2.75) is 20.0 Å². The SMILES string of the molecule is Cc1ccc(Br)cc1OC(C)C#N. The van der Waals surface area contributed by atoms with Gasteiger partial charge in [-0.15, -0.1) is 0 Å². The van der Waals surface area contributed by atoms with Crippen LogP contribution in [0, 0.1) is 18.3 Å². The van der Waals surface area contributed by atoms with Gasteiger partial charge in [0, 0.05) is 4.47 Å². The Bertz CT molecular complexity index is 343. The van der Waals surface area contributed by atoms with Crippen LogP contribution in [0.15, 0.2) is 22.7 Å². The van der Waals surface area contributed by atoms with Gasteiger partial charge in [0.15, 0.2) is 6.10 Å². The van der Waals surface area contributed by atoms with Gasteiger partial charge in [-0.05, 0) is 31.5 Å². The van der Waals surface area contributed by atoms with Crippen LogP contribution in [0.3, 0.4) is 0 Å². The minimum atomic E-state index is -0.409. The summed E-state index contributed by atoms with van der Waals surface area (Å²) in [4.78, 5) is 0. The number of ether oxygens (including phenoxy) is 1. The Morgan fingerprint density at radius 1 is 1.54 bits per heavy atom. The molecule has 0 N–H and O–H groups in total. The van der Waals surface area contributed by atoms with Crippen molar-refractivity contribution in [3.63, 3.8) is 0 Å². The van der Waals surface area contributed by atoms with E-state index in [-0.39, 0.29) is 0 Å². The Morgan fingerprint density at radius 2 is 2.23 bits per heavy atom. The standard InChI is InChI=1S/C10H10BrNO/c1-7-3-4-9(11)5-10(7)13-8(2)6-12/h3-5,8H,1-2H3. The van der Waals surface area contributed by atoms with Gasteiger partial charge in [-0.3, -0.25) is 0 Å². The Balaban J connectivity index is 2.88. The van der Waals surface area contributed by atoms with E-state index in [9.17, 15) is 0 Å². The minimum Gasteiger partial charge on any atom is -0.476 e. The zero-order valence-electron chi connectivity index (χ0n) is 7.54. The molecule has 0 aliphatic heterocycles. The zero-order chi connectivity index (χ0) is 9.84. The molecular weight excluding hydrogens is 230 g/mol. The Kier molecular flexibility index (Phi) is 3.32. The number of nitriles is 1. The Labute approximate surface area is 86.3 Å². The first-order valence-corrected chi connectivity index (χ1v) is 4.75. The van der Waals surface area contributed by atoms with Crippen LogP contribution in [-0.2, 0) is 0 Å². The van der Waals surface area contributed by atoms with Crippen LogP contribution in [0.2, 0.25) is 0 Å². The van der Waals surface area contributed by atoms with E-state index < -0.39 is 6.10 Å². The van der Waals surface area contributed by atoms with Crippen LogP contribution < -0.4 is 4.74 Å². The lowest BCUT2D eigenvalue weighted by molar-refractivity contribution is 0.274. The van der Waals surface area contributed by atoms with E-state index in [1.54, 1.807) is 6.92 Å². The maximum absolute atomic E-state index is 8.57. The van der Waals surface area contributed by atoms with E-state index >= 15 is 0 Å². The summed E-state index contributed by atoms with van der Waals surface area (Å²) in [5.74, 6) is 0.753.